The van der Waals surface area contributed by atoms with E-state index in [1.165, 1.54) is 11.5 Å². The molecular formula is C17H30N2O2S. The van der Waals surface area contributed by atoms with Crippen molar-refractivity contribution in [3.8, 4) is 0 Å². The van der Waals surface area contributed by atoms with E-state index in [-0.39, 0.29) is 11.0 Å². The second kappa shape index (κ2) is 6.99. The molecule has 5 heteroatoms. The number of carbonyl (C=O) groups is 1. The van der Waals surface area contributed by atoms with Crippen LogP contribution in [0.25, 0.3) is 0 Å². The lowest BCUT2D eigenvalue weighted by molar-refractivity contribution is 0.205. The van der Waals surface area contributed by atoms with Gasteiger partial charge in [0.25, 0.3) is 0 Å². The fourth-order valence-electron chi connectivity index (χ4n) is 2.59. The molecule has 0 aliphatic carbocycles. The monoisotopic (exact) mass is 326 g/mol. The quantitative estimate of drug-likeness (QED) is 0.826. The summed E-state index contributed by atoms with van der Waals surface area (Å²) in [6, 6.07) is 0. The summed E-state index contributed by atoms with van der Waals surface area (Å²) in [5.41, 5.74) is 1.22. The molecule has 0 fully saturated rings. The summed E-state index contributed by atoms with van der Waals surface area (Å²) in [5, 5.41) is 9.08. The summed E-state index contributed by atoms with van der Waals surface area (Å²) in [5.74, 6) is 0.350. The fraction of sp³-hybridized carbons (Fsp3) is 0.765. The Balaban J connectivity index is 3.40. The molecule has 0 aliphatic rings. The maximum Gasteiger partial charge on any atom is 0.432 e. The zero-order valence-corrected chi connectivity index (χ0v) is 15.8. The minimum atomic E-state index is -1.12. The first-order chi connectivity index (χ1) is 9.94. The van der Waals surface area contributed by atoms with E-state index in [2.05, 4.69) is 63.6 Å². The highest BCUT2D eigenvalue weighted by molar-refractivity contribution is 7.04. The van der Waals surface area contributed by atoms with E-state index in [0.717, 1.165) is 24.8 Å². The van der Waals surface area contributed by atoms with E-state index in [9.17, 15) is 4.79 Å². The Labute approximate surface area is 138 Å². The lowest BCUT2D eigenvalue weighted by Gasteiger charge is -2.25. The van der Waals surface area contributed by atoms with E-state index in [1.54, 1.807) is 0 Å². The van der Waals surface area contributed by atoms with Crippen LogP contribution in [0.15, 0.2) is 11.2 Å². The van der Waals surface area contributed by atoms with Crippen LogP contribution in [0.3, 0.4) is 0 Å². The van der Waals surface area contributed by atoms with Crippen LogP contribution in [0.2, 0.25) is 0 Å². The van der Waals surface area contributed by atoms with Gasteiger partial charge in [-0.2, -0.15) is 4.99 Å². The maximum absolute atomic E-state index is 11.1. The van der Waals surface area contributed by atoms with E-state index >= 15 is 0 Å². The zero-order valence-electron chi connectivity index (χ0n) is 14.9. The van der Waals surface area contributed by atoms with E-state index in [1.807, 2.05) is 0 Å². The van der Waals surface area contributed by atoms with Crippen molar-refractivity contribution in [3.05, 3.63) is 16.4 Å². The van der Waals surface area contributed by atoms with Crippen LogP contribution in [-0.4, -0.2) is 15.2 Å². The van der Waals surface area contributed by atoms with Crippen molar-refractivity contribution in [1.29, 1.82) is 0 Å². The van der Waals surface area contributed by atoms with Crippen LogP contribution in [0.1, 0.15) is 79.2 Å². The standard InChI is InChI=1S/C17H30N2O2S/c1-8-9-12(10-16(2,3)4)13-11-19(17(5,6)7)22-14(13)18-15(20)21/h11-12H,8-10H2,1-7H3,(H,20,21). The lowest BCUT2D eigenvalue weighted by atomic mass is 9.80. The van der Waals surface area contributed by atoms with E-state index in [0.29, 0.717) is 10.6 Å². The van der Waals surface area contributed by atoms with Gasteiger partial charge in [0.2, 0.25) is 0 Å². The topological polar surface area (TPSA) is 54.6 Å². The van der Waals surface area contributed by atoms with Crippen molar-refractivity contribution in [2.24, 2.45) is 10.4 Å². The van der Waals surface area contributed by atoms with E-state index < -0.39 is 6.09 Å². The van der Waals surface area contributed by atoms with Crippen LogP contribution in [0, 0.1) is 5.41 Å². The molecule has 0 spiro atoms. The molecule has 22 heavy (non-hydrogen) atoms. The van der Waals surface area contributed by atoms with Crippen LogP contribution in [0.5, 0.6) is 0 Å². The van der Waals surface area contributed by atoms with Crippen molar-refractivity contribution < 1.29 is 9.90 Å². The Morgan fingerprint density at radius 1 is 1.32 bits per heavy atom. The average molecular weight is 327 g/mol. The Morgan fingerprint density at radius 3 is 2.32 bits per heavy atom. The SMILES string of the molecule is CCCC(CC(C)(C)C)c1cn(C(C)(C)C)sc1=NC(=O)O. The smallest absolute Gasteiger partial charge is 0.432 e. The number of hydrogen-bond acceptors (Lipinski definition) is 2. The first-order valence-electron chi connectivity index (χ1n) is 7.95. The molecule has 1 amide bonds. The molecule has 1 N–H and O–H groups in total. The summed E-state index contributed by atoms with van der Waals surface area (Å²) in [4.78, 5) is 14.9. The minimum absolute atomic E-state index is 0.0653. The molecule has 0 radical (unpaired) electrons. The largest absolute Gasteiger partial charge is 0.463 e. The molecule has 1 unspecified atom stereocenters. The Kier molecular flexibility index (Phi) is 6.02. The van der Waals surface area contributed by atoms with Crippen LogP contribution in [0.4, 0.5) is 4.79 Å². The van der Waals surface area contributed by atoms with Gasteiger partial charge in [0.1, 0.15) is 4.67 Å². The van der Waals surface area contributed by atoms with Gasteiger partial charge in [0.15, 0.2) is 0 Å². The predicted molar refractivity (Wildman–Crippen MR) is 92.6 cm³/mol. The highest BCUT2D eigenvalue weighted by atomic mass is 32.1. The Morgan fingerprint density at radius 2 is 1.91 bits per heavy atom. The molecule has 4 nitrogen and oxygen atoms in total. The highest BCUT2D eigenvalue weighted by Crippen LogP contribution is 2.34. The van der Waals surface area contributed by atoms with Crippen molar-refractivity contribution in [2.45, 2.75) is 79.2 Å². The molecule has 1 atom stereocenters. The van der Waals surface area contributed by atoms with E-state index in [4.69, 9.17) is 5.11 Å². The van der Waals surface area contributed by atoms with Gasteiger partial charge in [-0.05, 0) is 56.5 Å². The number of carboxylic acid groups (broad SMARTS) is 1. The third-order valence-corrected chi connectivity index (χ3v) is 4.83. The Hall–Kier alpha value is -1.10. The van der Waals surface area contributed by atoms with Gasteiger partial charge in [-0.3, -0.25) is 3.96 Å². The van der Waals surface area contributed by atoms with Gasteiger partial charge in [0, 0.05) is 17.3 Å². The molecule has 0 saturated carbocycles. The van der Waals surface area contributed by atoms with Gasteiger partial charge in [-0.25, -0.2) is 4.79 Å². The third kappa shape index (κ3) is 5.59. The lowest BCUT2D eigenvalue weighted by Crippen LogP contribution is -2.18. The number of rotatable bonds is 4. The van der Waals surface area contributed by atoms with Crippen LogP contribution in [-0.2, 0) is 5.54 Å². The normalized spacial score (nSPS) is 15.1. The molecule has 0 aliphatic heterocycles. The van der Waals surface area contributed by atoms with Gasteiger partial charge < -0.3 is 5.11 Å². The summed E-state index contributed by atoms with van der Waals surface area (Å²) in [6.07, 6.45) is 4.16. The molecule has 0 saturated heterocycles. The molecule has 0 aromatic carbocycles. The van der Waals surface area contributed by atoms with Gasteiger partial charge >= 0.3 is 6.09 Å². The molecular weight excluding hydrogens is 296 g/mol. The summed E-state index contributed by atoms with van der Waals surface area (Å²) in [6.45, 7) is 15.2. The molecule has 0 bridgehead atoms. The second-order valence-electron chi connectivity index (χ2n) is 8.12. The maximum atomic E-state index is 11.1. The van der Waals surface area contributed by atoms with Crippen molar-refractivity contribution in [1.82, 2.24) is 3.96 Å². The van der Waals surface area contributed by atoms with Gasteiger partial charge in [-0.1, -0.05) is 34.1 Å². The zero-order chi connectivity index (χ0) is 17.1. The molecule has 1 aromatic heterocycles. The average Bonchev–Trinajstić information content (AvgIpc) is 2.69. The van der Waals surface area contributed by atoms with Crippen LogP contribution < -0.4 is 4.67 Å². The molecule has 1 rings (SSSR count). The number of aromatic nitrogens is 1. The summed E-state index contributed by atoms with van der Waals surface area (Å²) in [7, 11) is 0. The highest BCUT2D eigenvalue weighted by Gasteiger charge is 2.24. The van der Waals surface area contributed by atoms with Crippen molar-refractivity contribution in [3.63, 3.8) is 0 Å². The predicted octanol–water partition coefficient (Wildman–Crippen LogP) is 5.20. The first kappa shape index (κ1) is 18.9. The minimum Gasteiger partial charge on any atom is -0.463 e. The van der Waals surface area contributed by atoms with Crippen molar-refractivity contribution in [2.75, 3.05) is 0 Å². The third-order valence-electron chi connectivity index (χ3n) is 3.48. The first-order valence-corrected chi connectivity index (χ1v) is 8.72. The van der Waals surface area contributed by atoms with Crippen LogP contribution >= 0.6 is 11.5 Å². The number of hydrogen-bond donors (Lipinski definition) is 1. The molecule has 1 aromatic rings. The van der Waals surface area contributed by atoms with Gasteiger partial charge in [0.05, 0.1) is 0 Å². The van der Waals surface area contributed by atoms with Crippen molar-refractivity contribution >= 4 is 17.6 Å². The van der Waals surface area contributed by atoms with Gasteiger partial charge in [-0.15, -0.1) is 0 Å². The molecule has 126 valence electrons. The number of amides is 1. The fourth-order valence-corrected chi connectivity index (χ4v) is 3.66. The summed E-state index contributed by atoms with van der Waals surface area (Å²) >= 11 is 1.44. The second-order valence-corrected chi connectivity index (χ2v) is 9.08. The Bertz CT molecular complexity index is 571. The number of nitrogens with zero attached hydrogens (tertiary/aromatic N) is 2. The molecule has 1 heterocycles. The summed E-state index contributed by atoms with van der Waals surface area (Å²) < 4.78 is 2.76.